The minimum atomic E-state index is -0.617. The molecule has 1 fully saturated rings. The van der Waals surface area contributed by atoms with Gasteiger partial charge in [-0.2, -0.15) is 5.26 Å². The number of pyridine rings is 1. The second kappa shape index (κ2) is 5.88. The van der Waals surface area contributed by atoms with Crippen LogP contribution in [0.25, 0.3) is 0 Å². The summed E-state index contributed by atoms with van der Waals surface area (Å²) >= 11 is 0. The first-order chi connectivity index (χ1) is 9.56. The van der Waals surface area contributed by atoms with E-state index in [1.165, 1.54) is 7.11 Å². The van der Waals surface area contributed by atoms with Gasteiger partial charge in [0.2, 0.25) is 0 Å². The third-order valence-electron chi connectivity index (χ3n) is 3.29. The van der Waals surface area contributed by atoms with Crippen molar-refractivity contribution in [3.8, 4) is 6.07 Å². The van der Waals surface area contributed by atoms with Crippen molar-refractivity contribution in [2.24, 2.45) is 0 Å². The van der Waals surface area contributed by atoms with Crippen molar-refractivity contribution in [2.75, 3.05) is 31.7 Å². The molecule has 0 saturated carbocycles. The Morgan fingerprint density at radius 1 is 1.60 bits per heavy atom. The number of carbonyl (C=O) groups excluding carboxylic acids is 1. The van der Waals surface area contributed by atoms with Crippen LogP contribution in [0, 0.1) is 25.2 Å². The van der Waals surface area contributed by atoms with Crippen LogP contribution in [-0.2, 0) is 14.3 Å². The van der Waals surface area contributed by atoms with E-state index < -0.39 is 12.1 Å². The molecule has 1 aliphatic heterocycles. The number of nitrogens with zero attached hydrogens (tertiary/aromatic N) is 3. The van der Waals surface area contributed by atoms with Crippen LogP contribution in [0.1, 0.15) is 17.0 Å². The molecule has 1 saturated heterocycles. The quantitative estimate of drug-likeness (QED) is 0.748. The topological polar surface area (TPSA) is 75.5 Å². The molecule has 1 aliphatic rings. The molecule has 20 heavy (non-hydrogen) atoms. The summed E-state index contributed by atoms with van der Waals surface area (Å²) in [7, 11) is 1.34. The number of esters is 1. The first-order valence-corrected chi connectivity index (χ1v) is 6.39. The van der Waals surface area contributed by atoms with Gasteiger partial charge < -0.3 is 14.4 Å². The van der Waals surface area contributed by atoms with E-state index in [0.717, 1.165) is 11.4 Å². The second-order valence-corrected chi connectivity index (χ2v) is 4.68. The lowest BCUT2D eigenvalue weighted by Gasteiger charge is -2.33. The number of hydrogen-bond donors (Lipinski definition) is 0. The van der Waals surface area contributed by atoms with E-state index in [1.807, 2.05) is 24.8 Å². The molecule has 2 rings (SSSR count). The average Bonchev–Trinajstić information content (AvgIpc) is 2.45. The lowest BCUT2D eigenvalue weighted by atomic mass is 10.1. The fourth-order valence-corrected chi connectivity index (χ4v) is 2.34. The van der Waals surface area contributed by atoms with Crippen molar-refractivity contribution in [2.45, 2.75) is 20.0 Å². The number of hydrogen-bond acceptors (Lipinski definition) is 6. The van der Waals surface area contributed by atoms with Crippen LogP contribution in [0.15, 0.2) is 6.07 Å². The number of aryl methyl sites for hydroxylation is 2. The Morgan fingerprint density at radius 2 is 2.35 bits per heavy atom. The van der Waals surface area contributed by atoms with Crippen molar-refractivity contribution in [3.05, 3.63) is 23.0 Å². The molecule has 1 atom stereocenters. The smallest absolute Gasteiger partial charge is 0.336 e. The summed E-state index contributed by atoms with van der Waals surface area (Å²) in [5.41, 5.74) is 2.89. The van der Waals surface area contributed by atoms with E-state index in [9.17, 15) is 10.1 Å². The number of ether oxygens (including phenoxy) is 2. The number of morpholine rings is 1. The Bertz CT molecular complexity index is 566. The minimum absolute atomic E-state index is 0.379. The van der Waals surface area contributed by atoms with Crippen LogP contribution in [0.4, 0.5) is 5.69 Å². The van der Waals surface area contributed by atoms with Crippen LogP contribution in [0.3, 0.4) is 0 Å². The van der Waals surface area contributed by atoms with Gasteiger partial charge in [-0.25, -0.2) is 4.79 Å². The fraction of sp³-hybridized carbons (Fsp3) is 0.500. The van der Waals surface area contributed by atoms with Gasteiger partial charge in [-0.1, -0.05) is 0 Å². The summed E-state index contributed by atoms with van der Waals surface area (Å²) in [6.45, 7) is 5.13. The highest BCUT2D eigenvalue weighted by Crippen LogP contribution is 2.25. The molecule has 106 valence electrons. The molecule has 1 aromatic heterocycles. The zero-order chi connectivity index (χ0) is 14.7. The zero-order valence-electron chi connectivity index (χ0n) is 11.8. The molecule has 2 heterocycles. The summed E-state index contributed by atoms with van der Waals surface area (Å²) < 4.78 is 10.1. The molecule has 0 aromatic carbocycles. The Morgan fingerprint density at radius 3 is 3.00 bits per heavy atom. The highest BCUT2D eigenvalue weighted by molar-refractivity contribution is 5.76. The number of aromatic nitrogens is 1. The lowest BCUT2D eigenvalue weighted by Crippen LogP contribution is -2.47. The van der Waals surface area contributed by atoms with Crippen LogP contribution < -0.4 is 4.90 Å². The first kappa shape index (κ1) is 14.3. The minimum Gasteiger partial charge on any atom is -0.467 e. The number of anilines is 1. The fourth-order valence-electron chi connectivity index (χ4n) is 2.34. The van der Waals surface area contributed by atoms with E-state index in [4.69, 9.17) is 9.47 Å². The molecule has 0 radical (unpaired) electrons. The highest BCUT2D eigenvalue weighted by Gasteiger charge is 2.29. The monoisotopic (exact) mass is 275 g/mol. The maximum Gasteiger partial charge on any atom is 0.336 e. The molecule has 6 heteroatoms. The first-order valence-electron chi connectivity index (χ1n) is 6.39. The predicted octanol–water partition coefficient (Wildman–Crippen LogP) is 0.948. The largest absolute Gasteiger partial charge is 0.467 e. The van der Waals surface area contributed by atoms with Gasteiger partial charge in [0.25, 0.3) is 0 Å². The highest BCUT2D eigenvalue weighted by atomic mass is 16.6. The van der Waals surface area contributed by atoms with Crippen molar-refractivity contribution in [1.82, 2.24) is 4.98 Å². The van der Waals surface area contributed by atoms with Crippen molar-refractivity contribution in [1.29, 1.82) is 5.26 Å². The molecule has 0 amide bonds. The molecular weight excluding hydrogens is 258 g/mol. The molecule has 0 aliphatic carbocycles. The van der Waals surface area contributed by atoms with Crippen molar-refractivity contribution >= 4 is 11.7 Å². The number of nitriles is 1. The number of methoxy groups -OCH3 is 1. The molecule has 0 bridgehead atoms. The number of carbonyl (C=O) groups is 1. The van der Waals surface area contributed by atoms with Gasteiger partial charge >= 0.3 is 5.97 Å². The third-order valence-corrected chi connectivity index (χ3v) is 3.29. The standard InChI is InChI=1S/C14H17N3O3/c1-9-6-12(11(7-15)10(2)16-9)17-4-5-20-13(8-17)14(18)19-3/h6,13H,4-5,8H2,1-3H3. The number of rotatable bonds is 2. The Kier molecular flexibility index (Phi) is 4.20. The van der Waals surface area contributed by atoms with Gasteiger partial charge in [-0.3, -0.25) is 4.98 Å². The van der Waals surface area contributed by atoms with E-state index in [1.54, 1.807) is 0 Å². The Hall–Kier alpha value is -2.13. The van der Waals surface area contributed by atoms with Crippen molar-refractivity contribution in [3.63, 3.8) is 0 Å². The van der Waals surface area contributed by atoms with Crippen LogP contribution >= 0.6 is 0 Å². The lowest BCUT2D eigenvalue weighted by molar-refractivity contribution is -0.154. The van der Waals surface area contributed by atoms with Gasteiger partial charge in [0, 0.05) is 12.2 Å². The van der Waals surface area contributed by atoms with E-state index in [-0.39, 0.29) is 0 Å². The maximum absolute atomic E-state index is 11.6. The Labute approximate surface area is 117 Å². The average molecular weight is 275 g/mol. The second-order valence-electron chi connectivity index (χ2n) is 4.68. The van der Waals surface area contributed by atoms with E-state index in [2.05, 4.69) is 11.1 Å². The van der Waals surface area contributed by atoms with Gasteiger partial charge in [0.05, 0.1) is 37.2 Å². The Balaban J connectivity index is 2.32. The van der Waals surface area contributed by atoms with Gasteiger partial charge in [0.15, 0.2) is 6.10 Å². The third kappa shape index (κ3) is 2.73. The predicted molar refractivity (Wildman–Crippen MR) is 72.4 cm³/mol. The summed E-state index contributed by atoms with van der Waals surface area (Å²) in [6.07, 6.45) is -0.617. The molecule has 0 N–H and O–H groups in total. The van der Waals surface area contributed by atoms with Gasteiger partial charge in [0.1, 0.15) is 6.07 Å². The molecule has 6 nitrogen and oxygen atoms in total. The summed E-state index contributed by atoms with van der Waals surface area (Å²) in [5.74, 6) is -0.393. The van der Waals surface area contributed by atoms with Crippen LogP contribution in [0.5, 0.6) is 0 Å². The van der Waals surface area contributed by atoms with Crippen LogP contribution in [-0.4, -0.2) is 43.9 Å². The van der Waals surface area contributed by atoms with Gasteiger partial charge in [-0.15, -0.1) is 0 Å². The van der Waals surface area contributed by atoms with Gasteiger partial charge in [-0.05, 0) is 19.9 Å². The van der Waals surface area contributed by atoms with Crippen LogP contribution in [0.2, 0.25) is 0 Å². The summed E-state index contributed by atoms with van der Waals surface area (Å²) in [4.78, 5) is 17.9. The van der Waals surface area contributed by atoms with E-state index >= 15 is 0 Å². The molecular formula is C14H17N3O3. The SMILES string of the molecule is COC(=O)C1CN(c2cc(C)nc(C)c2C#N)CCO1. The molecule has 1 unspecified atom stereocenters. The maximum atomic E-state index is 11.6. The summed E-state index contributed by atoms with van der Waals surface area (Å²) in [6, 6.07) is 4.05. The summed E-state index contributed by atoms with van der Waals surface area (Å²) in [5, 5.41) is 9.30. The molecule has 1 aromatic rings. The normalized spacial score (nSPS) is 18.5. The van der Waals surface area contributed by atoms with E-state index in [0.29, 0.717) is 31.0 Å². The molecule has 0 spiro atoms. The van der Waals surface area contributed by atoms with Crippen molar-refractivity contribution < 1.29 is 14.3 Å². The zero-order valence-corrected chi connectivity index (χ0v) is 11.8.